The summed E-state index contributed by atoms with van der Waals surface area (Å²) in [6, 6.07) is 14.6. The van der Waals surface area contributed by atoms with Crippen LogP contribution in [0.4, 0.5) is 0 Å². The number of hydrogen-bond donors (Lipinski definition) is 2. The van der Waals surface area contributed by atoms with Crippen molar-refractivity contribution in [3.05, 3.63) is 65.7 Å². The summed E-state index contributed by atoms with van der Waals surface area (Å²) in [5, 5.41) is 2.27. The van der Waals surface area contributed by atoms with Gasteiger partial charge in [0, 0.05) is 5.56 Å². The quantitative estimate of drug-likeness (QED) is 0.435. The second kappa shape index (κ2) is 10.7. The van der Waals surface area contributed by atoms with E-state index < -0.39 is 41.1 Å². The number of hydrogen-bond acceptors (Lipinski definition) is 6. The van der Waals surface area contributed by atoms with Crippen LogP contribution in [0.5, 0.6) is 0 Å². The number of Topliss-reactive ketones (excluding diaryl/α,β-unsaturated/α-hetero) is 1. The molecule has 30 heavy (non-hydrogen) atoms. The lowest BCUT2D eigenvalue weighted by Gasteiger charge is -2.15. The molecule has 9 heteroatoms. The first kappa shape index (κ1) is 23.2. The molecule has 0 saturated carbocycles. The minimum atomic E-state index is -3.85. The number of benzene rings is 2. The van der Waals surface area contributed by atoms with Crippen molar-refractivity contribution < 1.29 is 27.5 Å². The van der Waals surface area contributed by atoms with Crippen LogP contribution in [-0.2, 0) is 24.3 Å². The number of ether oxygens (including phenoxy) is 1. The molecule has 0 aliphatic carbocycles. The lowest BCUT2D eigenvalue weighted by molar-refractivity contribution is -0.147. The summed E-state index contributed by atoms with van der Waals surface area (Å²) < 4.78 is 31.6. The first-order chi connectivity index (χ1) is 14.2. The van der Waals surface area contributed by atoms with Gasteiger partial charge in [-0.15, -0.1) is 0 Å². The first-order valence-corrected chi connectivity index (χ1v) is 10.8. The van der Waals surface area contributed by atoms with Crippen molar-refractivity contribution in [3.8, 4) is 0 Å². The highest BCUT2D eigenvalue weighted by molar-refractivity contribution is 7.89. The van der Waals surface area contributed by atoms with E-state index in [-0.39, 0.29) is 17.1 Å². The first-order valence-electron chi connectivity index (χ1n) is 9.34. The fourth-order valence-corrected chi connectivity index (χ4v) is 3.49. The van der Waals surface area contributed by atoms with Crippen LogP contribution < -0.4 is 10.0 Å². The molecule has 160 valence electrons. The van der Waals surface area contributed by atoms with Gasteiger partial charge < -0.3 is 10.1 Å². The third-order valence-corrected chi connectivity index (χ3v) is 5.60. The third kappa shape index (κ3) is 6.78. The summed E-state index contributed by atoms with van der Waals surface area (Å²) in [6.07, 6.45) is -0.680. The zero-order valence-electron chi connectivity index (χ0n) is 16.8. The Labute approximate surface area is 175 Å². The number of ketones is 1. The number of amides is 1. The molecule has 0 aromatic heterocycles. The Morgan fingerprint density at radius 3 is 2.20 bits per heavy atom. The number of rotatable bonds is 10. The van der Waals surface area contributed by atoms with E-state index in [2.05, 4.69) is 10.0 Å². The minimum Gasteiger partial charge on any atom is -0.453 e. The van der Waals surface area contributed by atoms with Crippen molar-refractivity contribution in [3.63, 3.8) is 0 Å². The highest BCUT2D eigenvalue weighted by Gasteiger charge is 2.22. The van der Waals surface area contributed by atoms with Crippen LogP contribution in [0.1, 0.15) is 29.3 Å². The van der Waals surface area contributed by atoms with E-state index in [1.54, 1.807) is 49.4 Å². The molecule has 1 atom stereocenters. The molecule has 0 unspecified atom stereocenters. The average Bonchev–Trinajstić information content (AvgIpc) is 2.75. The van der Waals surface area contributed by atoms with Gasteiger partial charge in [0.1, 0.15) is 6.54 Å². The van der Waals surface area contributed by atoms with Crippen molar-refractivity contribution in [1.29, 1.82) is 0 Å². The van der Waals surface area contributed by atoms with Gasteiger partial charge in [-0.3, -0.25) is 14.4 Å². The molecule has 2 N–H and O–H groups in total. The molecule has 1 amide bonds. The molecule has 0 fully saturated rings. The van der Waals surface area contributed by atoms with Crippen LogP contribution in [0, 0.1) is 6.92 Å². The van der Waals surface area contributed by atoms with E-state index in [4.69, 9.17) is 4.74 Å². The van der Waals surface area contributed by atoms with Gasteiger partial charge in [-0.1, -0.05) is 55.0 Å². The Hall–Kier alpha value is -3.04. The number of carbonyl (C=O) groups excluding carboxylic acids is 3. The third-order valence-electron chi connectivity index (χ3n) is 4.18. The fraction of sp³-hybridized carbons (Fsp3) is 0.286. The lowest BCUT2D eigenvalue weighted by atomic mass is 10.0. The van der Waals surface area contributed by atoms with Gasteiger partial charge in [0.05, 0.1) is 11.4 Å². The Morgan fingerprint density at radius 1 is 0.967 bits per heavy atom. The van der Waals surface area contributed by atoms with E-state index >= 15 is 0 Å². The molecule has 0 radical (unpaired) electrons. The second-order valence-corrected chi connectivity index (χ2v) is 8.30. The summed E-state index contributed by atoms with van der Waals surface area (Å²) >= 11 is 0. The van der Waals surface area contributed by atoms with Crippen LogP contribution in [0.3, 0.4) is 0 Å². The zero-order valence-corrected chi connectivity index (χ0v) is 17.6. The van der Waals surface area contributed by atoms with Crippen molar-refractivity contribution in [2.45, 2.75) is 31.3 Å². The van der Waals surface area contributed by atoms with E-state index in [0.29, 0.717) is 5.56 Å². The summed E-state index contributed by atoms with van der Waals surface area (Å²) in [6.45, 7) is 2.51. The Kier molecular flexibility index (Phi) is 8.25. The zero-order chi connectivity index (χ0) is 22.1. The number of carbonyl (C=O) groups is 3. The molecule has 0 aliphatic rings. The van der Waals surface area contributed by atoms with Crippen LogP contribution >= 0.6 is 0 Å². The van der Waals surface area contributed by atoms with Gasteiger partial charge >= 0.3 is 5.97 Å². The van der Waals surface area contributed by atoms with Crippen molar-refractivity contribution in [2.75, 3.05) is 13.1 Å². The van der Waals surface area contributed by atoms with Gasteiger partial charge in [-0.25, -0.2) is 13.1 Å². The molecule has 0 bridgehead atoms. The maximum atomic E-state index is 12.4. The molecule has 0 heterocycles. The molecule has 0 spiro atoms. The standard InChI is InChI=1S/C21H24N2O6S/c1-3-18(21(26)16-7-5-4-6-8-16)29-20(25)14-22-19(24)13-23-30(27,28)17-11-9-15(2)10-12-17/h4-12,18,23H,3,13-14H2,1-2H3,(H,22,24)/t18-/m1/s1. The van der Waals surface area contributed by atoms with E-state index in [9.17, 15) is 22.8 Å². The predicted octanol–water partition coefficient (Wildman–Crippen LogP) is 1.59. The average molecular weight is 432 g/mol. The maximum absolute atomic E-state index is 12.4. The van der Waals surface area contributed by atoms with Gasteiger partial charge in [-0.2, -0.15) is 0 Å². The maximum Gasteiger partial charge on any atom is 0.326 e. The Bertz CT molecular complexity index is 988. The Morgan fingerprint density at radius 2 is 1.60 bits per heavy atom. The van der Waals surface area contributed by atoms with E-state index in [0.717, 1.165) is 5.56 Å². The molecular weight excluding hydrogens is 408 g/mol. The number of aryl methyl sites for hydroxylation is 1. The van der Waals surface area contributed by atoms with Gasteiger partial charge in [0.25, 0.3) is 0 Å². The molecule has 0 saturated heterocycles. The van der Waals surface area contributed by atoms with Crippen LogP contribution in [0.2, 0.25) is 0 Å². The molecule has 2 rings (SSSR count). The molecule has 2 aromatic rings. The topological polar surface area (TPSA) is 119 Å². The van der Waals surface area contributed by atoms with Crippen molar-refractivity contribution >= 4 is 27.7 Å². The van der Waals surface area contributed by atoms with Crippen LogP contribution in [0.25, 0.3) is 0 Å². The predicted molar refractivity (Wildman–Crippen MR) is 110 cm³/mol. The van der Waals surface area contributed by atoms with Gasteiger partial charge in [0.2, 0.25) is 21.7 Å². The minimum absolute atomic E-state index is 0.0329. The SMILES string of the molecule is CC[C@@H](OC(=O)CNC(=O)CNS(=O)(=O)c1ccc(C)cc1)C(=O)c1ccccc1. The van der Waals surface area contributed by atoms with E-state index in [1.165, 1.54) is 12.1 Å². The highest BCUT2D eigenvalue weighted by Crippen LogP contribution is 2.10. The molecule has 2 aromatic carbocycles. The van der Waals surface area contributed by atoms with Gasteiger partial charge in [-0.05, 0) is 25.5 Å². The van der Waals surface area contributed by atoms with E-state index in [1.807, 2.05) is 6.92 Å². The normalized spacial score (nSPS) is 12.1. The lowest BCUT2D eigenvalue weighted by Crippen LogP contribution is -2.40. The summed E-state index contributed by atoms with van der Waals surface area (Å²) in [4.78, 5) is 36.3. The number of esters is 1. The number of sulfonamides is 1. The summed E-state index contributed by atoms with van der Waals surface area (Å²) in [5.74, 6) is -1.82. The second-order valence-electron chi connectivity index (χ2n) is 6.53. The highest BCUT2D eigenvalue weighted by atomic mass is 32.2. The molecular formula is C21H24N2O6S. The molecule has 0 aliphatic heterocycles. The molecule has 8 nitrogen and oxygen atoms in total. The van der Waals surface area contributed by atoms with Crippen LogP contribution in [-0.4, -0.2) is 45.3 Å². The van der Waals surface area contributed by atoms with Gasteiger partial charge in [0.15, 0.2) is 6.10 Å². The largest absolute Gasteiger partial charge is 0.453 e. The van der Waals surface area contributed by atoms with Crippen molar-refractivity contribution in [2.24, 2.45) is 0 Å². The summed E-state index contributed by atoms with van der Waals surface area (Å²) in [7, 11) is -3.85. The Balaban J connectivity index is 1.81. The monoisotopic (exact) mass is 432 g/mol. The fourth-order valence-electron chi connectivity index (χ4n) is 2.51. The smallest absolute Gasteiger partial charge is 0.326 e. The number of nitrogens with one attached hydrogen (secondary N) is 2. The van der Waals surface area contributed by atoms with Crippen molar-refractivity contribution in [1.82, 2.24) is 10.0 Å². The summed E-state index contributed by atoms with van der Waals surface area (Å²) in [5.41, 5.74) is 1.33. The van der Waals surface area contributed by atoms with Crippen LogP contribution in [0.15, 0.2) is 59.5 Å².